The van der Waals surface area contributed by atoms with Crippen LogP contribution in [0.25, 0.3) is 0 Å². The highest BCUT2D eigenvalue weighted by Gasteiger charge is 2.47. The van der Waals surface area contributed by atoms with Crippen molar-refractivity contribution >= 4 is 5.97 Å². The Balaban J connectivity index is 3.44. The Morgan fingerprint density at radius 3 is 2.18 bits per heavy atom. The summed E-state index contributed by atoms with van der Waals surface area (Å²) >= 11 is 0. The Bertz CT molecular complexity index is 616. The fourth-order valence-corrected chi connectivity index (χ4v) is 5.14. The van der Waals surface area contributed by atoms with E-state index in [1.54, 1.807) is 20.8 Å². The van der Waals surface area contributed by atoms with Crippen LogP contribution in [0.2, 0.25) is 0 Å². The van der Waals surface area contributed by atoms with Crippen molar-refractivity contribution in [3.63, 3.8) is 0 Å². The Morgan fingerprint density at radius 1 is 1.09 bits per heavy atom. The molecule has 1 rings (SSSR count). The summed E-state index contributed by atoms with van der Waals surface area (Å²) in [5.74, 6) is -2.64. The summed E-state index contributed by atoms with van der Waals surface area (Å²) in [7, 11) is 0. The molecular formula is C24H48N2O7. The van der Waals surface area contributed by atoms with Gasteiger partial charge in [0.2, 0.25) is 0 Å². The first-order valence-electron chi connectivity index (χ1n) is 12.2. The van der Waals surface area contributed by atoms with Gasteiger partial charge in [-0.05, 0) is 66.0 Å². The van der Waals surface area contributed by atoms with Gasteiger partial charge in [0.1, 0.15) is 17.8 Å². The topological polar surface area (TPSA) is 157 Å². The highest BCUT2D eigenvalue weighted by Crippen LogP contribution is 2.32. The van der Waals surface area contributed by atoms with E-state index < -0.39 is 59.5 Å². The van der Waals surface area contributed by atoms with Crippen molar-refractivity contribution in [1.29, 1.82) is 0 Å². The molecule has 9 heteroatoms. The minimum Gasteiger partial charge on any atom is -0.459 e. The van der Waals surface area contributed by atoms with Crippen LogP contribution in [0.15, 0.2) is 0 Å². The molecule has 1 fully saturated rings. The molecule has 1 heterocycles. The second-order valence-electron chi connectivity index (χ2n) is 10.6. The van der Waals surface area contributed by atoms with Gasteiger partial charge >= 0.3 is 5.97 Å². The van der Waals surface area contributed by atoms with Gasteiger partial charge in [-0.25, -0.2) is 0 Å². The van der Waals surface area contributed by atoms with Gasteiger partial charge in [0.05, 0.1) is 23.7 Å². The maximum Gasteiger partial charge on any atom is 0.311 e. The highest BCUT2D eigenvalue weighted by atomic mass is 16.6. The van der Waals surface area contributed by atoms with Gasteiger partial charge in [0.25, 0.3) is 0 Å². The molecule has 0 bridgehead atoms. The minimum atomic E-state index is -1.74. The Labute approximate surface area is 198 Å². The molecule has 1 aliphatic rings. The van der Waals surface area contributed by atoms with E-state index in [0.29, 0.717) is 26.1 Å². The number of cyclic esters (lactones) is 1. The SMILES string of the molecule is CC[C@H]1OC(=O)[C@H](C)[C@@H](O)[C@H](C)[C@@H](O)[C@](C)(O)C[C@@H](C)CN(CCCN)[C@H](C)[C@@H](O)[C@]1(C)O. The summed E-state index contributed by atoms with van der Waals surface area (Å²) in [4.78, 5) is 14.8. The number of rotatable bonds is 4. The molecule has 0 amide bonds. The maximum atomic E-state index is 12.8. The lowest BCUT2D eigenvalue weighted by atomic mass is 9.78. The van der Waals surface area contributed by atoms with Gasteiger partial charge in [-0.3, -0.25) is 9.69 Å². The van der Waals surface area contributed by atoms with Crippen molar-refractivity contribution in [3.05, 3.63) is 0 Å². The van der Waals surface area contributed by atoms with E-state index in [1.807, 2.05) is 11.8 Å². The second-order valence-corrected chi connectivity index (χ2v) is 10.6. The van der Waals surface area contributed by atoms with Crippen LogP contribution >= 0.6 is 0 Å². The molecule has 0 aromatic heterocycles. The number of esters is 1. The number of ether oxygens (including phenoxy) is 1. The van der Waals surface area contributed by atoms with Gasteiger partial charge in [0.15, 0.2) is 0 Å². The summed E-state index contributed by atoms with van der Waals surface area (Å²) in [6.07, 6.45) is -3.61. The quantitative estimate of drug-likeness (QED) is 0.313. The summed E-state index contributed by atoms with van der Waals surface area (Å²) in [5, 5.41) is 55.1. The van der Waals surface area contributed by atoms with Crippen LogP contribution in [0.1, 0.15) is 67.7 Å². The average molecular weight is 477 g/mol. The van der Waals surface area contributed by atoms with Crippen LogP contribution in [0, 0.1) is 17.8 Å². The van der Waals surface area contributed by atoms with Gasteiger partial charge < -0.3 is 36.0 Å². The summed E-state index contributed by atoms with van der Waals surface area (Å²) < 4.78 is 5.57. The molecule has 0 spiro atoms. The minimum absolute atomic E-state index is 0.0845. The van der Waals surface area contributed by atoms with Crippen molar-refractivity contribution in [2.45, 2.75) is 109 Å². The second kappa shape index (κ2) is 12.2. The molecule has 33 heavy (non-hydrogen) atoms. The molecule has 0 radical (unpaired) electrons. The van der Waals surface area contributed by atoms with Gasteiger partial charge in [-0.2, -0.15) is 0 Å². The van der Waals surface area contributed by atoms with E-state index in [0.717, 1.165) is 0 Å². The average Bonchev–Trinajstić information content (AvgIpc) is 2.75. The van der Waals surface area contributed by atoms with Crippen LogP contribution in [-0.2, 0) is 9.53 Å². The molecule has 0 aliphatic carbocycles. The molecule has 10 atom stereocenters. The zero-order valence-electron chi connectivity index (χ0n) is 21.4. The van der Waals surface area contributed by atoms with Crippen molar-refractivity contribution in [2.24, 2.45) is 23.5 Å². The van der Waals surface area contributed by atoms with E-state index in [2.05, 4.69) is 0 Å². The number of carbonyl (C=O) groups excluding carboxylic acids is 1. The van der Waals surface area contributed by atoms with Crippen molar-refractivity contribution in [2.75, 3.05) is 19.6 Å². The van der Waals surface area contributed by atoms with Gasteiger partial charge in [-0.15, -0.1) is 0 Å². The number of hydrogen-bond acceptors (Lipinski definition) is 9. The smallest absolute Gasteiger partial charge is 0.311 e. The lowest BCUT2D eigenvalue weighted by Crippen LogP contribution is -2.59. The van der Waals surface area contributed by atoms with Gasteiger partial charge in [-0.1, -0.05) is 20.8 Å². The van der Waals surface area contributed by atoms with Crippen LogP contribution < -0.4 is 5.73 Å². The third kappa shape index (κ3) is 7.34. The van der Waals surface area contributed by atoms with E-state index in [-0.39, 0.29) is 18.8 Å². The number of nitrogens with two attached hydrogens (primary N) is 1. The molecule has 7 N–H and O–H groups in total. The molecule has 0 saturated carbocycles. The lowest BCUT2D eigenvalue weighted by Gasteiger charge is -2.43. The van der Waals surface area contributed by atoms with Crippen LogP contribution in [0.3, 0.4) is 0 Å². The Kier molecular flexibility index (Phi) is 11.2. The fourth-order valence-electron chi connectivity index (χ4n) is 5.14. The monoisotopic (exact) mass is 476 g/mol. The van der Waals surface area contributed by atoms with Crippen molar-refractivity contribution in [1.82, 2.24) is 4.90 Å². The molecule has 196 valence electrons. The molecule has 1 saturated heterocycles. The normalized spacial score (nSPS) is 45.2. The number of hydrogen-bond donors (Lipinski definition) is 6. The zero-order chi connectivity index (χ0) is 25.7. The summed E-state index contributed by atoms with van der Waals surface area (Å²) in [6, 6.07) is -0.497. The number of nitrogens with zero attached hydrogens (tertiary/aromatic N) is 1. The third-order valence-corrected chi connectivity index (χ3v) is 7.43. The van der Waals surface area contributed by atoms with Crippen LogP contribution in [0.4, 0.5) is 0 Å². The largest absolute Gasteiger partial charge is 0.459 e. The van der Waals surface area contributed by atoms with Crippen LogP contribution in [-0.4, -0.2) is 97.7 Å². The summed E-state index contributed by atoms with van der Waals surface area (Å²) in [5.41, 5.74) is 2.46. The van der Waals surface area contributed by atoms with E-state index in [1.165, 1.54) is 20.8 Å². The molecule has 0 unspecified atom stereocenters. The standard InChI is InChI=1S/C24H48N2O7/c1-8-18-24(7,32)21(29)17(5)26(11-9-10-25)13-14(2)12-23(6,31)20(28)15(3)19(27)16(4)22(30)33-18/h14-21,27-29,31-32H,8-13,25H2,1-7H3/t14-,15+,16-,17-,18-,19+,20-,21-,23-,24-/m1/s1. The third-order valence-electron chi connectivity index (χ3n) is 7.43. The molecule has 9 nitrogen and oxygen atoms in total. The predicted octanol–water partition coefficient (Wildman–Crippen LogP) is 0.244. The van der Waals surface area contributed by atoms with Crippen molar-refractivity contribution < 1.29 is 35.1 Å². The van der Waals surface area contributed by atoms with Crippen LogP contribution in [0.5, 0.6) is 0 Å². The first kappa shape index (κ1) is 30.2. The van der Waals surface area contributed by atoms with E-state index >= 15 is 0 Å². The first-order valence-corrected chi connectivity index (χ1v) is 12.2. The Hall–Kier alpha value is -0.810. The molecule has 0 aromatic carbocycles. The van der Waals surface area contributed by atoms with E-state index in [9.17, 15) is 30.3 Å². The number of aliphatic hydroxyl groups is 5. The maximum absolute atomic E-state index is 12.8. The number of aliphatic hydroxyl groups excluding tert-OH is 3. The first-order chi connectivity index (χ1) is 15.1. The predicted molar refractivity (Wildman–Crippen MR) is 126 cm³/mol. The molecular weight excluding hydrogens is 428 g/mol. The lowest BCUT2D eigenvalue weighted by molar-refractivity contribution is -0.193. The molecule has 1 aliphatic heterocycles. The highest BCUT2D eigenvalue weighted by molar-refractivity contribution is 5.73. The van der Waals surface area contributed by atoms with Gasteiger partial charge in [0, 0.05) is 18.5 Å². The Morgan fingerprint density at radius 2 is 1.67 bits per heavy atom. The summed E-state index contributed by atoms with van der Waals surface area (Å²) in [6.45, 7) is 13.1. The molecule has 0 aromatic rings. The van der Waals surface area contributed by atoms with E-state index in [4.69, 9.17) is 10.5 Å². The zero-order valence-corrected chi connectivity index (χ0v) is 21.4. The number of carbonyl (C=O) groups is 1. The van der Waals surface area contributed by atoms with Crippen molar-refractivity contribution in [3.8, 4) is 0 Å². The fraction of sp³-hybridized carbons (Fsp3) is 0.958.